The van der Waals surface area contributed by atoms with Crippen LogP contribution in [0.4, 0.5) is 4.79 Å². The number of hydrogen-bond acceptors (Lipinski definition) is 2. The van der Waals surface area contributed by atoms with Crippen LogP contribution in [0.5, 0.6) is 0 Å². The fourth-order valence-electron chi connectivity index (χ4n) is 7.57. The number of rotatable bonds is 8. The Morgan fingerprint density at radius 2 is 1.58 bits per heavy atom. The second-order valence-corrected chi connectivity index (χ2v) is 11.3. The molecule has 0 spiro atoms. The number of unbranched alkanes of at least 4 members (excludes halogenated alkanes) is 1. The highest BCUT2D eigenvalue weighted by atomic mass is 16.2. The Morgan fingerprint density at radius 1 is 0.935 bits per heavy atom. The van der Waals surface area contributed by atoms with Gasteiger partial charge in [-0.2, -0.15) is 0 Å². The molecule has 0 atom stereocenters. The summed E-state index contributed by atoms with van der Waals surface area (Å²) in [6.07, 6.45) is 14.1. The molecule has 2 N–H and O–H groups in total. The van der Waals surface area contributed by atoms with Gasteiger partial charge in [0.1, 0.15) is 0 Å². The number of nitrogens with one attached hydrogen (secondary N) is 2. The van der Waals surface area contributed by atoms with Crippen molar-refractivity contribution in [2.24, 2.45) is 23.7 Å². The molecule has 1 heterocycles. The van der Waals surface area contributed by atoms with E-state index in [-0.39, 0.29) is 11.6 Å². The molecule has 31 heavy (non-hydrogen) atoms. The molecular weight excluding hydrogens is 382 g/mol. The predicted octanol–water partition coefficient (Wildman–Crippen LogP) is 4.99. The van der Waals surface area contributed by atoms with Crippen molar-refractivity contribution in [3.63, 3.8) is 0 Å². The van der Waals surface area contributed by atoms with Crippen molar-refractivity contribution >= 4 is 6.03 Å². The molecular formula is C27H41N3O. The summed E-state index contributed by atoms with van der Waals surface area (Å²) in [6, 6.07) is 11.0. The molecule has 4 saturated carbocycles. The number of piperidine rings is 1. The molecule has 4 bridgehead atoms. The van der Waals surface area contributed by atoms with E-state index < -0.39 is 0 Å². The van der Waals surface area contributed by atoms with Gasteiger partial charge in [-0.1, -0.05) is 30.3 Å². The van der Waals surface area contributed by atoms with Crippen LogP contribution in [-0.2, 0) is 6.42 Å². The van der Waals surface area contributed by atoms with Crippen LogP contribution in [0.15, 0.2) is 30.3 Å². The highest BCUT2D eigenvalue weighted by molar-refractivity contribution is 5.74. The molecule has 6 rings (SSSR count). The lowest BCUT2D eigenvalue weighted by Gasteiger charge is -2.56. The molecule has 4 heteroatoms. The van der Waals surface area contributed by atoms with Gasteiger partial charge in [0.25, 0.3) is 0 Å². The number of carbonyl (C=O) groups is 1. The monoisotopic (exact) mass is 423 g/mol. The van der Waals surface area contributed by atoms with Crippen LogP contribution in [0.2, 0.25) is 0 Å². The van der Waals surface area contributed by atoms with Gasteiger partial charge in [0.15, 0.2) is 0 Å². The number of carbonyl (C=O) groups excluding carboxylic acids is 1. The van der Waals surface area contributed by atoms with Crippen molar-refractivity contribution in [3.05, 3.63) is 35.9 Å². The van der Waals surface area contributed by atoms with Crippen LogP contribution >= 0.6 is 0 Å². The van der Waals surface area contributed by atoms with Crippen molar-refractivity contribution in [3.8, 4) is 0 Å². The fraction of sp³-hybridized carbons (Fsp3) is 0.741. The highest BCUT2D eigenvalue weighted by Crippen LogP contribution is 2.55. The van der Waals surface area contributed by atoms with Crippen LogP contribution < -0.4 is 10.6 Å². The van der Waals surface area contributed by atoms with E-state index in [2.05, 4.69) is 45.9 Å². The van der Waals surface area contributed by atoms with Crippen molar-refractivity contribution in [2.75, 3.05) is 26.2 Å². The summed E-state index contributed by atoms with van der Waals surface area (Å²) in [7, 11) is 0. The van der Waals surface area contributed by atoms with Crippen LogP contribution in [0.25, 0.3) is 0 Å². The molecule has 170 valence electrons. The molecule has 4 nitrogen and oxygen atoms in total. The van der Waals surface area contributed by atoms with E-state index in [0.717, 1.165) is 36.6 Å². The molecule has 5 aliphatic rings. The number of amides is 2. The summed E-state index contributed by atoms with van der Waals surface area (Å²) in [5.41, 5.74) is 1.61. The van der Waals surface area contributed by atoms with Crippen LogP contribution in [0, 0.1) is 23.7 Å². The van der Waals surface area contributed by atoms with Gasteiger partial charge < -0.3 is 15.5 Å². The first-order chi connectivity index (χ1) is 15.2. The second-order valence-electron chi connectivity index (χ2n) is 11.3. The van der Waals surface area contributed by atoms with E-state index in [1.54, 1.807) is 0 Å². The zero-order valence-electron chi connectivity index (χ0n) is 19.2. The zero-order valence-corrected chi connectivity index (χ0v) is 19.2. The van der Waals surface area contributed by atoms with Crippen LogP contribution in [0.3, 0.4) is 0 Å². The van der Waals surface area contributed by atoms with Gasteiger partial charge >= 0.3 is 6.03 Å². The Hall–Kier alpha value is -1.55. The molecule has 4 aliphatic carbocycles. The standard InChI is InChI=1S/C27H41N3O/c31-26(29-27-18-23-15-24(19-27)17-25(16-23)20-27)28-10-4-5-11-30-12-8-22(9-13-30)14-21-6-2-1-3-7-21/h1-3,6-7,22-25H,4-5,8-20H2,(H2,28,29,31). The smallest absolute Gasteiger partial charge is 0.315 e. The normalized spacial score (nSPS) is 32.8. The molecule has 1 aromatic rings. The highest BCUT2D eigenvalue weighted by Gasteiger charge is 2.51. The quantitative estimate of drug-likeness (QED) is 0.579. The van der Waals surface area contributed by atoms with Gasteiger partial charge in [-0.3, -0.25) is 0 Å². The van der Waals surface area contributed by atoms with Gasteiger partial charge in [-0.05, 0) is 119 Å². The first-order valence-corrected chi connectivity index (χ1v) is 13.0. The second kappa shape index (κ2) is 9.52. The summed E-state index contributed by atoms with van der Waals surface area (Å²) in [5.74, 6) is 3.48. The summed E-state index contributed by atoms with van der Waals surface area (Å²) in [6.45, 7) is 4.45. The molecule has 1 aliphatic heterocycles. The topological polar surface area (TPSA) is 44.4 Å². The minimum atomic E-state index is 0.0867. The van der Waals surface area contributed by atoms with Crippen molar-refractivity contribution in [1.29, 1.82) is 0 Å². The molecule has 1 saturated heterocycles. The summed E-state index contributed by atoms with van der Waals surface area (Å²) < 4.78 is 0. The first kappa shape index (κ1) is 21.3. The van der Waals surface area contributed by atoms with Crippen molar-refractivity contribution in [1.82, 2.24) is 15.5 Å². The van der Waals surface area contributed by atoms with Gasteiger partial charge in [-0.25, -0.2) is 4.79 Å². The Morgan fingerprint density at radius 3 is 2.23 bits per heavy atom. The van der Waals surface area contributed by atoms with Gasteiger partial charge in [0.05, 0.1) is 0 Å². The number of benzene rings is 1. The predicted molar refractivity (Wildman–Crippen MR) is 126 cm³/mol. The maximum absolute atomic E-state index is 12.5. The third-order valence-corrected chi connectivity index (χ3v) is 8.68. The van der Waals surface area contributed by atoms with Crippen molar-refractivity contribution in [2.45, 2.75) is 76.2 Å². The lowest BCUT2D eigenvalue weighted by molar-refractivity contribution is -0.0135. The molecule has 1 aromatic carbocycles. The maximum atomic E-state index is 12.5. The van der Waals surface area contributed by atoms with E-state index in [0.29, 0.717) is 0 Å². The first-order valence-electron chi connectivity index (χ1n) is 13.0. The van der Waals surface area contributed by atoms with E-state index in [9.17, 15) is 4.79 Å². The molecule has 0 unspecified atom stereocenters. The van der Waals surface area contributed by atoms with E-state index in [1.165, 1.54) is 89.4 Å². The van der Waals surface area contributed by atoms with E-state index in [4.69, 9.17) is 0 Å². The minimum absolute atomic E-state index is 0.0867. The number of hydrogen-bond donors (Lipinski definition) is 2. The Balaban J connectivity index is 0.941. The van der Waals surface area contributed by atoms with Gasteiger partial charge in [-0.15, -0.1) is 0 Å². The average molecular weight is 424 g/mol. The summed E-state index contributed by atoms with van der Waals surface area (Å²) >= 11 is 0. The molecule has 0 aromatic heterocycles. The lowest BCUT2D eigenvalue weighted by Crippen LogP contribution is -2.61. The van der Waals surface area contributed by atoms with Crippen molar-refractivity contribution < 1.29 is 4.79 Å². The van der Waals surface area contributed by atoms with E-state index >= 15 is 0 Å². The molecule has 0 radical (unpaired) electrons. The SMILES string of the molecule is O=C(NCCCCN1CCC(Cc2ccccc2)CC1)NC12CC3CC(CC(C3)C1)C2. The number of urea groups is 1. The fourth-order valence-corrected chi connectivity index (χ4v) is 7.57. The maximum Gasteiger partial charge on any atom is 0.315 e. The number of likely N-dealkylation sites (tertiary alicyclic amines) is 1. The Bertz CT molecular complexity index is 690. The summed E-state index contributed by atoms with van der Waals surface area (Å²) in [4.78, 5) is 15.2. The third kappa shape index (κ3) is 5.45. The summed E-state index contributed by atoms with van der Waals surface area (Å²) in [5, 5.41) is 6.59. The average Bonchev–Trinajstić information content (AvgIpc) is 2.74. The van der Waals surface area contributed by atoms with Gasteiger partial charge in [0, 0.05) is 12.1 Å². The van der Waals surface area contributed by atoms with Gasteiger partial charge in [0.2, 0.25) is 0 Å². The lowest BCUT2D eigenvalue weighted by atomic mass is 9.53. The molecule has 2 amide bonds. The van der Waals surface area contributed by atoms with Crippen LogP contribution in [0.1, 0.15) is 69.8 Å². The van der Waals surface area contributed by atoms with E-state index in [1.807, 2.05) is 0 Å². The number of nitrogens with zero attached hydrogens (tertiary/aromatic N) is 1. The van der Waals surface area contributed by atoms with Crippen LogP contribution in [-0.4, -0.2) is 42.6 Å². The largest absolute Gasteiger partial charge is 0.338 e. The zero-order chi connectivity index (χ0) is 21.1. The Labute approximate surface area is 188 Å². The molecule has 5 fully saturated rings. The third-order valence-electron chi connectivity index (χ3n) is 8.68. The minimum Gasteiger partial charge on any atom is -0.338 e. The Kier molecular flexibility index (Phi) is 6.54.